The number of aliphatic imine (C=N–C) groups is 1. The number of nitrogens with one attached hydrogen (secondary N) is 1. The van der Waals surface area contributed by atoms with Crippen LogP contribution in [0.15, 0.2) is 40.2 Å². The molecular formula is C21H27N5O3. The maximum atomic E-state index is 12.3. The van der Waals surface area contributed by atoms with Gasteiger partial charge in [0.05, 0.1) is 17.4 Å². The van der Waals surface area contributed by atoms with E-state index in [1.165, 1.54) is 6.20 Å². The Labute approximate surface area is 169 Å². The highest BCUT2D eigenvalue weighted by Crippen LogP contribution is 2.28. The highest BCUT2D eigenvalue weighted by Gasteiger charge is 2.33. The quantitative estimate of drug-likeness (QED) is 0.521. The predicted molar refractivity (Wildman–Crippen MR) is 113 cm³/mol. The van der Waals surface area contributed by atoms with Gasteiger partial charge in [0.1, 0.15) is 11.4 Å². The number of aromatic nitrogens is 2. The first-order valence-electron chi connectivity index (χ1n) is 9.67. The Bertz CT molecular complexity index is 965. The maximum Gasteiger partial charge on any atom is 0.275 e. The van der Waals surface area contributed by atoms with E-state index >= 15 is 0 Å². The summed E-state index contributed by atoms with van der Waals surface area (Å²) in [7, 11) is 0. The van der Waals surface area contributed by atoms with Gasteiger partial charge in [-0.25, -0.2) is 10.1 Å². The van der Waals surface area contributed by atoms with Crippen molar-refractivity contribution in [1.82, 2.24) is 10.2 Å². The van der Waals surface area contributed by atoms with Crippen molar-refractivity contribution in [2.75, 3.05) is 18.0 Å². The molecular weight excluding hydrogens is 370 g/mol. The fraction of sp³-hybridized carbons (Fsp3) is 0.429. The van der Waals surface area contributed by atoms with E-state index < -0.39 is 5.60 Å². The Hall–Kier alpha value is -3.00. The van der Waals surface area contributed by atoms with Crippen LogP contribution in [0.5, 0.6) is 0 Å². The van der Waals surface area contributed by atoms with Crippen LogP contribution in [0.1, 0.15) is 37.8 Å². The third-order valence-electron chi connectivity index (χ3n) is 5.23. The van der Waals surface area contributed by atoms with Gasteiger partial charge < -0.3 is 15.7 Å². The molecule has 2 aromatic rings. The van der Waals surface area contributed by atoms with E-state index in [1.54, 1.807) is 20.8 Å². The van der Waals surface area contributed by atoms with Crippen LogP contribution in [-0.2, 0) is 4.79 Å². The Kier molecular flexibility index (Phi) is 5.83. The minimum Gasteiger partial charge on any atom is -0.383 e. The molecule has 1 aliphatic rings. The lowest BCUT2D eigenvalue weighted by molar-refractivity contribution is -0.139. The SMILES string of the molecule is Cc1cn[nH]c(=O)c1C(N)=Nc1ccc(N2CCC(C(=O)C(C)(C)O)CC2)cc1. The zero-order valence-corrected chi connectivity index (χ0v) is 17.0. The van der Waals surface area contributed by atoms with Crippen LogP contribution < -0.4 is 16.2 Å². The molecule has 4 N–H and O–H groups in total. The summed E-state index contributed by atoms with van der Waals surface area (Å²) in [4.78, 5) is 30.8. The van der Waals surface area contributed by atoms with E-state index in [4.69, 9.17) is 5.73 Å². The number of aromatic amines is 1. The maximum absolute atomic E-state index is 12.3. The number of amidine groups is 1. The molecule has 29 heavy (non-hydrogen) atoms. The molecule has 0 bridgehead atoms. The molecule has 0 amide bonds. The van der Waals surface area contributed by atoms with Crippen molar-refractivity contribution in [1.29, 1.82) is 0 Å². The molecule has 0 unspecified atom stereocenters. The number of piperidine rings is 1. The average molecular weight is 397 g/mol. The molecule has 154 valence electrons. The lowest BCUT2D eigenvalue weighted by Gasteiger charge is -2.34. The number of nitrogens with zero attached hydrogens (tertiary/aromatic N) is 3. The second-order valence-corrected chi connectivity index (χ2v) is 7.96. The minimum absolute atomic E-state index is 0.0845. The van der Waals surface area contributed by atoms with Crippen LogP contribution in [0.2, 0.25) is 0 Å². The summed E-state index contributed by atoms with van der Waals surface area (Å²) in [5.41, 5.74) is 7.05. The van der Waals surface area contributed by atoms with E-state index in [0.29, 0.717) is 16.8 Å². The molecule has 1 saturated heterocycles. The fourth-order valence-electron chi connectivity index (χ4n) is 3.64. The number of aliphatic hydroxyl groups is 1. The summed E-state index contributed by atoms with van der Waals surface area (Å²) in [6.45, 7) is 6.36. The van der Waals surface area contributed by atoms with Gasteiger partial charge in [0.15, 0.2) is 5.78 Å². The summed E-state index contributed by atoms with van der Waals surface area (Å²) in [5.74, 6) is -0.0415. The van der Waals surface area contributed by atoms with Crippen LogP contribution in [0.3, 0.4) is 0 Å². The van der Waals surface area contributed by atoms with Gasteiger partial charge >= 0.3 is 0 Å². The second-order valence-electron chi connectivity index (χ2n) is 7.96. The van der Waals surface area contributed by atoms with Gasteiger partial charge in [-0.2, -0.15) is 5.10 Å². The number of carbonyl (C=O) groups excluding carboxylic acids is 1. The summed E-state index contributed by atoms with van der Waals surface area (Å²) in [5, 5.41) is 16.0. The van der Waals surface area contributed by atoms with Gasteiger partial charge in [-0.15, -0.1) is 0 Å². The average Bonchev–Trinajstić information content (AvgIpc) is 2.67. The van der Waals surface area contributed by atoms with Gasteiger partial charge in [-0.1, -0.05) is 0 Å². The lowest BCUT2D eigenvalue weighted by atomic mass is 9.85. The van der Waals surface area contributed by atoms with E-state index in [0.717, 1.165) is 31.6 Å². The van der Waals surface area contributed by atoms with Crippen molar-refractivity contribution in [2.45, 2.75) is 39.2 Å². The topological polar surface area (TPSA) is 125 Å². The van der Waals surface area contributed by atoms with Crippen LogP contribution in [-0.4, -0.2) is 45.6 Å². The molecule has 0 spiro atoms. The first-order chi connectivity index (χ1) is 13.7. The first-order valence-corrected chi connectivity index (χ1v) is 9.67. The van der Waals surface area contributed by atoms with E-state index in [1.807, 2.05) is 24.3 Å². The van der Waals surface area contributed by atoms with Crippen molar-refractivity contribution in [3.8, 4) is 0 Å². The van der Waals surface area contributed by atoms with Crippen molar-refractivity contribution in [3.05, 3.63) is 51.9 Å². The summed E-state index contributed by atoms with van der Waals surface area (Å²) in [6.07, 6.45) is 2.98. The lowest BCUT2D eigenvalue weighted by Crippen LogP contribution is -2.43. The van der Waals surface area contributed by atoms with Crippen molar-refractivity contribution in [2.24, 2.45) is 16.6 Å². The number of nitrogens with two attached hydrogens (primary N) is 1. The van der Waals surface area contributed by atoms with Gasteiger partial charge in [0.2, 0.25) is 0 Å². The van der Waals surface area contributed by atoms with E-state index in [2.05, 4.69) is 20.1 Å². The number of hydrogen-bond acceptors (Lipinski definition) is 6. The Balaban J connectivity index is 1.68. The second kappa shape index (κ2) is 8.16. The van der Waals surface area contributed by atoms with Crippen LogP contribution >= 0.6 is 0 Å². The fourth-order valence-corrected chi connectivity index (χ4v) is 3.64. The molecule has 0 atom stereocenters. The number of benzene rings is 1. The molecule has 8 nitrogen and oxygen atoms in total. The minimum atomic E-state index is -1.28. The first kappa shape index (κ1) is 20.7. The van der Waals surface area contributed by atoms with Crippen molar-refractivity contribution >= 4 is 23.0 Å². The summed E-state index contributed by atoms with van der Waals surface area (Å²) >= 11 is 0. The molecule has 1 fully saturated rings. The Morgan fingerprint density at radius 3 is 2.45 bits per heavy atom. The molecule has 3 rings (SSSR count). The van der Waals surface area contributed by atoms with Gasteiger partial charge in [-0.05, 0) is 63.4 Å². The molecule has 1 aliphatic heterocycles. The molecule has 8 heteroatoms. The number of aryl methyl sites for hydroxylation is 1. The zero-order chi connectivity index (χ0) is 21.2. The number of anilines is 1. The number of carbonyl (C=O) groups is 1. The number of hydrogen-bond donors (Lipinski definition) is 3. The van der Waals surface area contributed by atoms with Crippen LogP contribution in [0.4, 0.5) is 11.4 Å². The summed E-state index contributed by atoms with van der Waals surface area (Å²) in [6, 6.07) is 7.60. The Morgan fingerprint density at radius 1 is 1.28 bits per heavy atom. The molecule has 0 aliphatic carbocycles. The van der Waals surface area contributed by atoms with Gasteiger partial charge in [0, 0.05) is 24.7 Å². The van der Waals surface area contributed by atoms with Gasteiger partial charge in [-0.3, -0.25) is 9.59 Å². The third kappa shape index (κ3) is 4.71. The van der Waals surface area contributed by atoms with Crippen molar-refractivity contribution in [3.63, 3.8) is 0 Å². The van der Waals surface area contributed by atoms with Crippen molar-refractivity contribution < 1.29 is 9.90 Å². The number of H-pyrrole nitrogens is 1. The van der Waals surface area contributed by atoms with Crippen LogP contribution in [0, 0.1) is 12.8 Å². The predicted octanol–water partition coefficient (Wildman–Crippen LogP) is 1.67. The molecule has 1 aromatic carbocycles. The van der Waals surface area contributed by atoms with Crippen LogP contribution in [0.25, 0.3) is 0 Å². The number of ketones is 1. The highest BCUT2D eigenvalue weighted by molar-refractivity contribution is 5.99. The third-order valence-corrected chi connectivity index (χ3v) is 5.23. The number of Topliss-reactive ketones (excluding diaryl/α,β-unsaturated/α-hetero) is 1. The zero-order valence-electron chi connectivity index (χ0n) is 17.0. The molecule has 1 aromatic heterocycles. The molecule has 0 radical (unpaired) electrons. The monoisotopic (exact) mass is 397 g/mol. The smallest absolute Gasteiger partial charge is 0.275 e. The largest absolute Gasteiger partial charge is 0.383 e. The standard InChI is InChI=1S/C21H27N5O3/c1-13-12-23-25-20(28)17(13)19(22)24-15-4-6-16(7-5-15)26-10-8-14(9-11-26)18(27)21(2,3)29/h4-7,12,14,29H,8-11H2,1-3H3,(H2,22,24)(H,25,28). The Morgan fingerprint density at radius 2 is 1.90 bits per heavy atom. The van der Waals surface area contributed by atoms with E-state index in [-0.39, 0.29) is 23.1 Å². The molecule has 0 saturated carbocycles. The number of rotatable bonds is 5. The van der Waals surface area contributed by atoms with Gasteiger partial charge in [0.25, 0.3) is 5.56 Å². The highest BCUT2D eigenvalue weighted by atomic mass is 16.3. The summed E-state index contributed by atoms with van der Waals surface area (Å²) < 4.78 is 0. The molecule has 2 heterocycles. The normalized spacial score (nSPS) is 16.1. The van der Waals surface area contributed by atoms with E-state index in [9.17, 15) is 14.7 Å².